The van der Waals surface area contributed by atoms with Gasteiger partial charge in [0.05, 0.1) is 0 Å². The van der Waals surface area contributed by atoms with Gasteiger partial charge >= 0.3 is 0 Å². The Morgan fingerprint density at radius 3 is 2.00 bits per heavy atom. The zero-order valence-corrected chi connectivity index (χ0v) is 16.7. The van der Waals surface area contributed by atoms with E-state index in [2.05, 4.69) is 4.90 Å². The number of likely N-dealkylation sites (tertiary alicyclic amines) is 1. The number of carbonyl (C=O) groups excluding carboxylic acids is 1. The van der Waals surface area contributed by atoms with Crippen LogP contribution in [0.25, 0.3) is 0 Å². The number of piperidine rings is 1. The Morgan fingerprint density at radius 2 is 1.40 bits per heavy atom. The second-order valence-corrected chi connectivity index (χ2v) is 7.65. The second kappa shape index (κ2) is 9.18. The lowest BCUT2D eigenvalue weighted by Gasteiger charge is -2.38. The van der Waals surface area contributed by atoms with E-state index in [9.17, 15) is 13.6 Å². The van der Waals surface area contributed by atoms with E-state index in [0.29, 0.717) is 11.3 Å². The molecule has 5 heteroatoms. The molecule has 0 atom stereocenters. The summed E-state index contributed by atoms with van der Waals surface area (Å²) in [5.74, 6) is -0.619. The lowest BCUT2D eigenvalue weighted by molar-refractivity contribution is 0.0958. The van der Waals surface area contributed by atoms with Crippen LogP contribution in [0.2, 0.25) is 0 Å². The maximum Gasteiger partial charge on any atom is 0.258 e. The lowest BCUT2D eigenvalue weighted by atomic mass is 10.00. The van der Waals surface area contributed by atoms with Gasteiger partial charge < -0.3 is 4.90 Å². The fraction of sp³-hybridized carbons (Fsp3) is 0.240. The summed E-state index contributed by atoms with van der Waals surface area (Å²) in [5, 5.41) is 0. The molecule has 4 rings (SSSR count). The van der Waals surface area contributed by atoms with Gasteiger partial charge in [-0.1, -0.05) is 30.3 Å². The lowest BCUT2D eigenvalue weighted by Crippen LogP contribution is -2.47. The second-order valence-electron chi connectivity index (χ2n) is 7.65. The Morgan fingerprint density at radius 1 is 0.833 bits per heavy atom. The smallest absolute Gasteiger partial charge is 0.258 e. The fourth-order valence-corrected chi connectivity index (χ4v) is 4.00. The van der Waals surface area contributed by atoms with Crippen LogP contribution in [0.5, 0.6) is 0 Å². The molecule has 0 aliphatic carbocycles. The molecule has 1 aliphatic heterocycles. The van der Waals surface area contributed by atoms with Crippen molar-refractivity contribution in [2.24, 2.45) is 0 Å². The Labute approximate surface area is 175 Å². The van der Waals surface area contributed by atoms with Crippen LogP contribution in [0.4, 0.5) is 14.5 Å². The third-order valence-electron chi connectivity index (χ3n) is 5.59. The number of nitrogens with zero attached hydrogens (tertiary/aromatic N) is 2. The van der Waals surface area contributed by atoms with Crippen LogP contribution in [-0.2, 0) is 6.54 Å². The molecule has 3 aromatic rings. The number of benzene rings is 3. The van der Waals surface area contributed by atoms with E-state index >= 15 is 0 Å². The molecule has 3 aromatic carbocycles. The molecule has 1 saturated heterocycles. The van der Waals surface area contributed by atoms with E-state index in [1.54, 1.807) is 12.1 Å². The van der Waals surface area contributed by atoms with Gasteiger partial charge in [-0.25, -0.2) is 8.78 Å². The van der Waals surface area contributed by atoms with Crippen LogP contribution in [0, 0.1) is 11.6 Å². The topological polar surface area (TPSA) is 23.6 Å². The van der Waals surface area contributed by atoms with E-state index in [1.165, 1.54) is 24.3 Å². The molecule has 1 heterocycles. The maximum atomic E-state index is 13.5. The quantitative estimate of drug-likeness (QED) is 0.576. The van der Waals surface area contributed by atoms with E-state index < -0.39 is 0 Å². The van der Waals surface area contributed by atoms with Crippen LogP contribution in [0.15, 0.2) is 78.9 Å². The summed E-state index contributed by atoms with van der Waals surface area (Å²) < 4.78 is 26.6. The average molecular weight is 406 g/mol. The molecular formula is C25H24F2N2O. The highest BCUT2D eigenvalue weighted by atomic mass is 19.1. The van der Waals surface area contributed by atoms with Crippen molar-refractivity contribution >= 4 is 11.6 Å². The van der Waals surface area contributed by atoms with Crippen LogP contribution in [0.3, 0.4) is 0 Å². The van der Waals surface area contributed by atoms with Gasteiger partial charge in [-0.05, 0) is 66.9 Å². The predicted molar refractivity (Wildman–Crippen MR) is 114 cm³/mol. The van der Waals surface area contributed by atoms with Crippen LogP contribution >= 0.6 is 0 Å². The van der Waals surface area contributed by atoms with Crippen molar-refractivity contribution in [3.05, 3.63) is 102 Å². The molecule has 0 saturated carbocycles. The first kappa shape index (κ1) is 20.2. The third-order valence-corrected chi connectivity index (χ3v) is 5.59. The fourth-order valence-electron chi connectivity index (χ4n) is 4.00. The molecule has 1 fully saturated rings. The highest BCUT2D eigenvalue weighted by molar-refractivity contribution is 6.06. The Balaban J connectivity index is 1.49. The molecule has 1 aliphatic rings. The monoisotopic (exact) mass is 406 g/mol. The minimum Gasteiger partial charge on any atom is -0.305 e. The summed E-state index contributed by atoms with van der Waals surface area (Å²) in [7, 11) is 0. The predicted octanol–water partition coefficient (Wildman–Crippen LogP) is 5.28. The molecule has 0 radical (unpaired) electrons. The molecule has 0 aromatic heterocycles. The Kier molecular flexibility index (Phi) is 6.19. The maximum absolute atomic E-state index is 13.5. The first-order valence-electron chi connectivity index (χ1n) is 10.2. The van der Waals surface area contributed by atoms with E-state index in [1.807, 2.05) is 47.4 Å². The minimum absolute atomic E-state index is 0.0348. The van der Waals surface area contributed by atoms with Gasteiger partial charge in [0, 0.05) is 36.9 Å². The Hall–Kier alpha value is -3.05. The van der Waals surface area contributed by atoms with E-state index in [-0.39, 0.29) is 23.6 Å². The summed E-state index contributed by atoms with van der Waals surface area (Å²) in [6.07, 6.45) is 1.63. The molecule has 1 amide bonds. The van der Waals surface area contributed by atoms with Gasteiger partial charge in [-0.15, -0.1) is 0 Å². The van der Waals surface area contributed by atoms with Crippen LogP contribution < -0.4 is 4.90 Å². The number of anilines is 1. The molecule has 0 spiro atoms. The van der Waals surface area contributed by atoms with E-state index in [0.717, 1.165) is 38.0 Å². The molecule has 0 unspecified atom stereocenters. The van der Waals surface area contributed by atoms with Crippen molar-refractivity contribution in [3.8, 4) is 0 Å². The first-order valence-corrected chi connectivity index (χ1v) is 10.2. The number of hydrogen-bond donors (Lipinski definition) is 0. The average Bonchev–Trinajstić information content (AvgIpc) is 2.78. The molecule has 154 valence electrons. The highest BCUT2D eigenvalue weighted by Crippen LogP contribution is 2.27. The van der Waals surface area contributed by atoms with Gasteiger partial charge in [-0.2, -0.15) is 0 Å². The summed E-state index contributed by atoms with van der Waals surface area (Å²) in [5.41, 5.74) is 2.41. The zero-order valence-electron chi connectivity index (χ0n) is 16.7. The van der Waals surface area contributed by atoms with Gasteiger partial charge in [0.15, 0.2) is 0 Å². The normalized spacial score (nSPS) is 15.1. The molecule has 3 nitrogen and oxygen atoms in total. The molecular weight excluding hydrogens is 382 g/mol. The SMILES string of the molecule is O=C(c1ccccc1)N(c1ccc(F)cc1)C1CCN(Cc2ccc(F)cc2)CC1. The van der Waals surface area contributed by atoms with Crippen LogP contribution in [0.1, 0.15) is 28.8 Å². The Bertz CT molecular complexity index is 966. The standard InChI is InChI=1S/C25H24F2N2O/c26-21-8-6-19(7-9-21)18-28-16-14-24(15-17-28)29(23-12-10-22(27)11-13-23)25(30)20-4-2-1-3-5-20/h1-13,24H,14-18H2. The third kappa shape index (κ3) is 4.74. The van der Waals surface area contributed by atoms with Gasteiger partial charge in [-0.3, -0.25) is 9.69 Å². The van der Waals surface area contributed by atoms with Gasteiger partial charge in [0.25, 0.3) is 5.91 Å². The van der Waals surface area contributed by atoms with Gasteiger partial charge in [0.1, 0.15) is 11.6 Å². The first-order chi connectivity index (χ1) is 14.6. The zero-order chi connectivity index (χ0) is 20.9. The molecule has 0 N–H and O–H groups in total. The van der Waals surface area contributed by atoms with Gasteiger partial charge in [0.2, 0.25) is 0 Å². The number of halogens is 2. The van der Waals surface area contributed by atoms with Crippen molar-refractivity contribution in [1.82, 2.24) is 4.90 Å². The molecule has 0 bridgehead atoms. The number of amides is 1. The summed E-state index contributed by atoms with van der Waals surface area (Å²) in [6, 6.07) is 21.9. The number of rotatable bonds is 5. The number of hydrogen-bond acceptors (Lipinski definition) is 2. The van der Waals surface area contributed by atoms with Crippen molar-refractivity contribution in [2.75, 3.05) is 18.0 Å². The van der Waals surface area contributed by atoms with Crippen LogP contribution in [-0.4, -0.2) is 29.9 Å². The molecule has 30 heavy (non-hydrogen) atoms. The minimum atomic E-state index is -0.319. The summed E-state index contributed by atoms with van der Waals surface area (Å²) in [6.45, 7) is 2.43. The number of carbonyl (C=O) groups is 1. The van der Waals surface area contributed by atoms with Crippen molar-refractivity contribution in [3.63, 3.8) is 0 Å². The van der Waals surface area contributed by atoms with E-state index in [4.69, 9.17) is 0 Å². The van der Waals surface area contributed by atoms with Crippen molar-refractivity contribution in [1.29, 1.82) is 0 Å². The summed E-state index contributed by atoms with van der Waals surface area (Å²) >= 11 is 0. The largest absolute Gasteiger partial charge is 0.305 e. The van der Waals surface area contributed by atoms with Crippen molar-refractivity contribution in [2.45, 2.75) is 25.4 Å². The highest BCUT2D eigenvalue weighted by Gasteiger charge is 2.30. The summed E-state index contributed by atoms with van der Waals surface area (Å²) in [4.78, 5) is 17.4. The van der Waals surface area contributed by atoms with Crippen molar-refractivity contribution < 1.29 is 13.6 Å².